The predicted molar refractivity (Wildman–Crippen MR) is 44.6 cm³/mol. The number of thioether (sulfide) groups is 1. The Morgan fingerprint density at radius 1 is 1.36 bits per heavy atom. The van der Waals surface area contributed by atoms with Crippen LogP contribution >= 0.6 is 11.8 Å². The van der Waals surface area contributed by atoms with Gasteiger partial charge in [0.1, 0.15) is 0 Å². The van der Waals surface area contributed by atoms with E-state index in [-0.39, 0.29) is 6.42 Å². The van der Waals surface area contributed by atoms with Gasteiger partial charge in [-0.05, 0) is 12.1 Å². The second-order valence-corrected chi connectivity index (χ2v) is 3.25. The highest BCUT2D eigenvalue weighted by Gasteiger charge is 2.05. The average Bonchev–Trinajstić information content (AvgIpc) is 1.85. The Bertz CT molecular complexity index is 119. The second kappa shape index (κ2) is 6.51. The zero-order chi connectivity index (χ0) is 8.69. The van der Waals surface area contributed by atoms with Crippen molar-refractivity contribution in [3.63, 3.8) is 0 Å². The largest absolute Gasteiger partial charge is 0.481 e. The van der Waals surface area contributed by atoms with E-state index in [1.165, 1.54) is 11.8 Å². The average molecular weight is 178 g/mol. The normalized spacial score (nSPS) is 9.64. The van der Waals surface area contributed by atoms with Crippen molar-refractivity contribution in [3.05, 3.63) is 0 Å². The van der Waals surface area contributed by atoms with Crippen molar-refractivity contribution >= 4 is 24.8 Å². The van der Waals surface area contributed by atoms with Gasteiger partial charge in [0.2, 0.25) is 0 Å². The number of hydrogen-bond acceptors (Lipinski definition) is 4. The Kier molecular flexibility index (Phi) is 6.40. The van der Waals surface area contributed by atoms with Gasteiger partial charge < -0.3 is 15.2 Å². The molecule has 0 radical (unpaired) electrons. The van der Waals surface area contributed by atoms with Crippen LogP contribution in [0.25, 0.3) is 0 Å². The van der Waals surface area contributed by atoms with Gasteiger partial charge in [0, 0.05) is 5.75 Å². The standard InChI is InChI=1S/C5H11BO4S/c7-5(8)1-3-11-4-2-6(9)10/h9-10H,1-4H2,(H,7,8). The van der Waals surface area contributed by atoms with E-state index in [0.717, 1.165) is 0 Å². The molecular formula is C5H11BO4S. The lowest BCUT2D eigenvalue weighted by atomic mass is 9.88. The first-order chi connectivity index (χ1) is 5.13. The number of carboxylic acid groups (broad SMARTS) is 1. The maximum atomic E-state index is 9.98. The third kappa shape index (κ3) is 9.80. The van der Waals surface area contributed by atoms with E-state index < -0.39 is 13.1 Å². The molecule has 0 fully saturated rings. The molecule has 0 aromatic rings. The van der Waals surface area contributed by atoms with Crippen LogP contribution in [-0.4, -0.2) is 39.7 Å². The van der Waals surface area contributed by atoms with Crippen LogP contribution in [0, 0.1) is 0 Å². The third-order valence-electron chi connectivity index (χ3n) is 0.981. The fourth-order valence-corrected chi connectivity index (χ4v) is 1.35. The highest BCUT2D eigenvalue weighted by Crippen LogP contribution is 2.05. The minimum Gasteiger partial charge on any atom is -0.481 e. The van der Waals surface area contributed by atoms with Gasteiger partial charge in [-0.25, -0.2) is 0 Å². The van der Waals surface area contributed by atoms with Gasteiger partial charge in [0.15, 0.2) is 0 Å². The van der Waals surface area contributed by atoms with Crippen LogP contribution in [0.5, 0.6) is 0 Å². The summed E-state index contributed by atoms with van der Waals surface area (Å²) < 4.78 is 0. The summed E-state index contributed by atoms with van der Waals surface area (Å²) in [6, 6.07) is 0. The van der Waals surface area contributed by atoms with Crippen LogP contribution in [0.4, 0.5) is 0 Å². The number of hydrogen-bond donors (Lipinski definition) is 3. The van der Waals surface area contributed by atoms with Gasteiger partial charge in [-0.1, -0.05) is 0 Å². The number of carbonyl (C=O) groups is 1. The summed E-state index contributed by atoms with van der Waals surface area (Å²) in [5.74, 6) is 0.301. The lowest BCUT2D eigenvalue weighted by Gasteiger charge is -1.97. The summed E-state index contributed by atoms with van der Waals surface area (Å²) in [6.45, 7) is 0. The fourth-order valence-electron chi connectivity index (χ4n) is 0.450. The smallest absolute Gasteiger partial charge is 0.452 e. The minimum atomic E-state index is -1.27. The minimum absolute atomic E-state index is 0.131. The molecule has 0 aromatic carbocycles. The van der Waals surface area contributed by atoms with Crippen LogP contribution in [0.2, 0.25) is 6.32 Å². The molecule has 0 unspecified atom stereocenters. The Morgan fingerprint density at radius 2 is 2.00 bits per heavy atom. The van der Waals surface area contributed by atoms with Crippen molar-refractivity contribution in [2.45, 2.75) is 12.7 Å². The Labute approximate surface area is 69.8 Å². The molecule has 0 rings (SSSR count). The van der Waals surface area contributed by atoms with Gasteiger partial charge in [-0.2, -0.15) is 11.8 Å². The summed E-state index contributed by atoms with van der Waals surface area (Å²) in [6.07, 6.45) is 0.427. The van der Waals surface area contributed by atoms with E-state index in [2.05, 4.69) is 0 Å². The molecule has 4 nitrogen and oxygen atoms in total. The lowest BCUT2D eigenvalue weighted by Crippen LogP contribution is -2.11. The van der Waals surface area contributed by atoms with E-state index in [9.17, 15) is 4.79 Å². The van der Waals surface area contributed by atoms with Gasteiger partial charge in [0.25, 0.3) is 0 Å². The third-order valence-corrected chi connectivity index (χ3v) is 2.00. The van der Waals surface area contributed by atoms with Crippen LogP contribution in [-0.2, 0) is 4.79 Å². The van der Waals surface area contributed by atoms with Gasteiger partial charge >= 0.3 is 13.1 Å². The van der Waals surface area contributed by atoms with Crippen molar-refractivity contribution in [3.8, 4) is 0 Å². The molecule has 0 atom stereocenters. The van der Waals surface area contributed by atoms with Crippen molar-refractivity contribution in [2.24, 2.45) is 0 Å². The first-order valence-corrected chi connectivity index (χ1v) is 4.44. The van der Waals surface area contributed by atoms with Crippen molar-refractivity contribution in [1.29, 1.82) is 0 Å². The molecule has 64 valence electrons. The zero-order valence-electron chi connectivity index (χ0n) is 6.06. The Morgan fingerprint density at radius 3 is 2.45 bits per heavy atom. The highest BCUT2D eigenvalue weighted by molar-refractivity contribution is 7.99. The molecule has 0 heterocycles. The molecule has 0 aromatic heterocycles. The second-order valence-electron chi connectivity index (χ2n) is 2.03. The topological polar surface area (TPSA) is 77.8 Å². The maximum Gasteiger partial charge on any atom is 0.452 e. The van der Waals surface area contributed by atoms with Crippen molar-refractivity contribution < 1.29 is 19.9 Å². The number of carboxylic acids is 1. The highest BCUT2D eigenvalue weighted by atomic mass is 32.2. The van der Waals surface area contributed by atoms with E-state index in [4.69, 9.17) is 15.2 Å². The molecule has 6 heteroatoms. The van der Waals surface area contributed by atoms with Crippen LogP contribution in [0.1, 0.15) is 6.42 Å². The summed E-state index contributed by atoms with van der Waals surface area (Å²) in [4.78, 5) is 9.98. The summed E-state index contributed by atoms with van der Waals surface area (Å²) in [5.41, 5.74) is 0. The lowest BCUT2D eigenvalue weighted by molar-refractivity contribution is -0.136. The first-order valence-electron chi connectivity index (χ1n) is 3.28. The van der Waals surface area contributed by atoms with Crippen LogP contribution in [0.3, 0.4) is 0 Å². The quantitative estimate of drug-likeness (QED) is 0.383. The fraction of sp³-hybridized carbons (Fsp3) is 0.800. The zero-order valence-corrected chi connectivity index (χ0v) is 6.88. The Balaban J connectivity index is 2.97. The molecule has 0 bridgehead atoms. The molecule has 0 aliphatic heterocycles. The van der Waals surface area contributed by atoms with Crippen molar-refractivity contribution in [1.82, 2.24) is 0 Å². The molecule has 3 N–H and O–H groups in total. The van der Waals surface area contributed by atoms with Gasteiger partial charge in [0.05, 0.1) is 6.42 Å². The molecule has 0 aliphatic rings. The molecule has 0 saturated heterocycles. The summed E-state index contributed by atoms with van der Waals surface area (Å²) >= 11 is 1.41. The van der Waals surface area contributed by atoms with E-state index in [1.54, 1.807) is 0 Å². The molecule has 0 spiro atoms. The number of rotatable bonds is 6. The molecule has 11 heavy (non-hydrogen) atoms. The number of aliphatic carboxylic acids is 1. The van der Waals surface area contributed by atoms with Gasteiger partial charge in [-0.15, -0.1) is 0 Å². The molecule has 0 saturated carbocycles. The molecule has 0 amide bonds. The van der Waals surface area contributed by atoms with Crippen molar-refractivity contribution in [2.75, 3.05) is 11.5 Å². The van der Waals surface area contributed by atoms with Gasteiger partial charge in [-0.3, -0.25) is 4.79 Å². The van der Waals surface area contributed by atoms with E-state index in [1.807, 2.05) is 0 Å². The predicted octanol–water partition coefficient (Wildman–Crippen LogP) is -0.333. The summed E-state index contributed by atoms with van der Waals surface area (Å²) in [5, 5.41) is 25.0. The monoisotopic (exact) mass is 178 g/mol. The molecule has 0 aliphatic carbocycles. The van der Waals surface area contributed by atoms with Crippen LogP contribution < -0.4 is 0 Å². The summed E-state index contributed by atoms with van der Waals surface area (Å²) in [7, 11) is -1.27. The Hall–Kier alpha value is -0.195. The van der Waals surface area contributed by atoms with E-state index >= 15 is 0 Å². The molecular weight excluding hydrogens is 167 g/mol. The first kappa shape index (κ1) is 10.8. The van der Waals surface area contributed by atoms with Crippen LogP contribution in [0.15, 0.2) is 0 Å². The van der Waals surface area contributed by atoms with E-state index in [0.29, 0.717) is 17.8 Å². The maximum absolute atomic E-state index is 9.98. The SMILES string of the molecule is O=C(O)CCSCCB(O)O.